The van der Waals surface area contributed by atoms with Crippen molar-refractivity contribution in [2.45, 2.75) is 25.9 Å². The predicted octanol–water partition coefficient (Wildman–Crippen LogP) is 2.85. The molecule has 0 saturated heterocycles. The van der Waals surface area contributed by atoms with Crippen molar-refractivity contribution >= 4 is 5.65 Å². The van der Waals surface area contributed by atoms with Crippen molar-refractivity contribution in [3.05, 3.63) is 60.0 Å². The third-order valence-corrected chi connectivity index (χ3v) is 3.60. The van der Waals surface area contributed by atoms with E-state index in [0.717, 1.165) is 17.0 Å². The van der Waals surface area contributed by atoms with E-state index in [1.165, 1.54) is 0 Å². The Balaban J connectivity index is 1.81. The normalized spacial score (nSPS) is 14.2. The van der Waals surface area contributed by atoms with Crippen molar-refractivity contribution in [2.75, 3.05) is 0 Å². The van der Waals surface area contributed by atoms with Crippen LogP contribution < -0.4 is 5.32 Å². The molecule has 0 aliphatic heterocycles. The molecule has 2 unspecified atom stereocenters. The molecule has 0 fully saturated rings. The van der Waals surface area contributed by atoms with Gasteiger partial charge in [-0.2, -0.15) is 0 Å². The number of phenols is 1. The molecule has 2 aromatic heterocycles. The summed E-state index contributed by atoms with van der Waals surface area (Å²) in [5.74, 6) is 1.15. The fraction of sp³-hybridized carbons (Fsp3) is 0.250. The topological polar surface area (TPSA) is 62.5 Å². The molecule has 5 nitrogen and oxygen atoms in total. The van der Waals surface area contributed by atoms with E-state index in [1.807, 2.05) is 40.9 Å². The van der Waals surface area contributed by atoms with Gasteiger partial charge in [0.05, 0.1) is 6.04 Å². The van der Waals surface area contributed by atoms with Crippen LogP contribution in [0.4, 0.5) is 0 Å². The number of hydrogen-bond acceptors (Lipinski definition) is 4. The summed E-state index contributed by atoms with van der Waals surface area (Å²) in [4.78, 5) is 0. The molecule has 0 aliphatic rings. The molecule has 2 atom stereocenters. The van der Waals surface area contributed by atoms with Crippen molar-refractivity contribution in [3.63, 3.8) is 0 Å². The summed E-state index contributed by atoms with van der Waals surface area (Å²) in [6.45, 7) is 4.12. The van der Waals surface area contributed by atoms with E-state index in [-0.39, 0.29) is 17.8 Å². The number of aromatic hydroxyl groups is 1. The Bertz CT molecular complexity index is 753. The summed E-state index contributed by atoms with van der Waals surface area (Å²) < 4.78 is 1.98. The first-order chi connectivity index (χ1) is 10.1. The molecule has 0 amide bonds. The number of rotatable bonds is 4. The highest BCUT2D eigenvalue weighted by Crippen LogP contribution is 2.21. The minimum atomic E-state index is 0.0414. The van der Waals surface area contributed by atoms with Crippen LogP contribution in [0.2, 0.25) is 0 Å². The van der Waals surface area contributed by atoms with Gasteiger partial charge in [0.2, 0.25) is 0 Å². The molecule has 0 radical (unpaired) electrons. The number of phenolic OH excluding ortho intramolecular Hbond substituents is 1. The molecule has 108 valence electrons. The highest BCUT2D eigenvalue weighted by atomic mass is 16.3. The van der Waals surface area contributed by atoms with Gasteiger partial charge in [-0.05, 0) is 43.7 Å². The minimum absolute atomic E-state index is 0.0414. The molecular weight excluding hydrogens is 264 g/mol. The van der Waals surface area contributed by atoms with Crippen molar-refractivity contribution in [3.8, 4) is 5.75 Å². The van der Waals surface area contributed by atoms with Gasteiger partial charge in [0, 0.05) is 12.2 Å². The van der Waals surface area contributed by atoms with Crippen LogP contribution in [0.25, 0.3) is 5.65 Å². The average Bonchev–Trinajstić information content (AvgIpc) is 2.91. The van der Waals surface area contributed by atoms with E-state index in [4.69, 9.17) is 0 Å². The van der Waals surface area contributed by atoms with Crippen LogP contribution in [0.5, 0.6) is 5.75 Å². The molecule has 0 aliphatic carbocycles. The van der Waals surface area contributed by atoms with Gasteiger partial charge in [0.1, 0.15) is 5.75 Å². The lowest BCUT2D eigenvalue weighted by atomic mass is 10.1. The molecule has 21 heavy (non-hydrogen) atoms. The lowest BCUT2D eigenvalue weighted by Crippen LogP contribution is -2.24. The SMILES string of the molecule is CC(NC(C)c1nnc2ccccn12)c1cccc(O)c1. The number of pyridine rings is 1. The third kappa shape index (κ3) is 2.73. The lowest BCUT2D eigenvalue weighted by molar-refractivity contribution is 0.460. The van der Waals surface area contributed by atoms with E-state index in [1.54, 1.807) is 12.1 Å². The highest BCUT2D eigenvalue weighted by Gasteiger charge is 2.16. The van der Waals surface area contributed by atoms with Crippen LogP contribution >= 0.6 is 0 Å². The fourth-order valence-electron chi connectivity index (χ4n) is 2.50. The number of aromatic nitrogens is 3. The molecular formula is C16H18N4O. The van der Waals surface area contributed by atoms with Gasteiger partial charge in [0.25, 0.3) is 0 Å². The highest BCUT2D eigenvalue weighted by molar-refractivity contribution is 5.37. The molecule has 3 rings (SSSR count). The second-order valence-electron chi connectivity index (χ2n) is 5.19. The molecule has 2 N–H and O–H groups in total. The summed E-state index contributed by atoms with van der Waals surface area (Å²) in [5.41, 5.74) is 1.88. The van der Waals surface area contributed by atoms with Crippen LogP contribution in [-0.2, 0) is 0 Å². The second-order valence-corrected chi connectivity index (χ2v) is 5.19. The largest absolute Gasteiger partial charge is 0.508 e. The first kappa shape index (κ1) is 13.6. The summed E-state index contributed by atoms with van der Waals surface area (Å²) in [6.07, 6.45) is 1.96. The van der Waals surface area contributed by atoms with Gasteiger partial charge in [0.15, 0.2) is 11.5 Å². The quantitative estimate of drug-likeness (QED) is 0.772. The van der Waals surface area contributed by atoms with Crippen LogP contribution in [0.1, 0.15) is 37.3 Å². The van der Waals surface area contributed by atoms with Crippen LogP contribution in [0, 0.1) is 0 Å². The predicted molar refractivity (Wildman–Crippen MR) is 81.1 cm³/mol. The zero-order chi connectivity index (χ0) is 14.8. The van der Waals surface area contributed by atoms with Crippen molar-refractivity contribution in [2.24, 2.45) is 0 Å². The first-order valence-electron chi connectivity index (χ1n) is 7.00. The molecule has 3 aromatic rings. The Morgan fingerprint density at radius 3 is 2.71 bits per heavy atom. The zero-order valence-electron chi connectivity index (χ0n) is 12.1. The first-order valence-corrected chi connectivity index (χ1v) is 7.00. The summed E-state index contributed by atoms with van der Waals surface area (Å²) in [5, 5.41) is 21.5. The number of nitrogens with zero attached hydrogens (tertiary/aromatic N) is 3. The van der Waals surface area contributed by atoms with E-state index in [9.17, 15) is 5.11 Å². The van der Waals surface area contributed by atoms with Crippen molar-refractivity contribution in [1.29, 1.82) is 0 Å². The van der Waals surface area contributed by atoms with Gasteiger partial charge < -0.3 is 10.4 Å². The van der Waals surface area contributed by atoms with Gasteiger partial charge in [-0.25, -0.2) is 0 Å². The van der Waals surface area contributed by atoms with E-state index >= 15 is 0 Å². The molecule has 1 aromatic carbocycles. The summed E-state index contributed by atoms with van der Waals surface area (Å²) in [7, 11) is 0. The third-order valence-electron chi connectivity index (χ3n) is 3.60. The average molecular weight is 282 g/mol. The van der Waals surface area contributed by atoms with Crippen molar-refractivity contribution in [1.82, 2.24) is 19.9 Å². The van der Waals surface area contributed by atoms with Crippen LogP contribution in [-0.4, -0.2) is 19.7 Å². The number of fused-ring (bicyclic) bond motifs is 1. The maximum absolute atomic E-state index is 9.57. The van der Waals surface area contributed by atoms with Gasteiger partial charge >= 0.3 is 0 Å². The Morgan fingerprint density at radius 1 is 1.05 bits per heavy atom. The van der Waals surface area contributed by atoms with Crippen LogP contribution in [0.3, 0.4) is 0 Å². The second kappa shape index (κ2) is 5.54. The van der Waals surface area contributed by atoms with Gasteiger partial charge in [-0.15, -0.1) is 10.2 Å². The number of benzene rings is 1. The van der Waals surface area contributed by atoms with E-state index in [2.05, 4.69) is 29.4 Å². The summed E-state index contributed by atoms with van der Waals surface area (Å²) >= 11 is 0. The Morgan fingerprint density at radius 2 is 1.90 bits per heavy atom. The minimum Gasteiger partial charge on any atom is -0.508 e. The smallest absolute Gasteiger partial charge is 0.160 e. The maximum atomic E-state index is 9.57. The van der Waals surface area contributed by atoms with E-state index < -0.39 is 0 Å². The fourth-order valence-corrected chi connectivity index (χ4v) is 2.50. The summed E-state index contributed by atoms with van der Waals surface area (Å²) in [6, 6.07) is 13.3. The monoisotopic (exact) mass is 282 g/mol. The Hall–Kier alpha value is -2.40. The molecule has 5 heteroatoms. The van der Waals surface area contributed by atoms with Gasteiger partial charge in [-0.3, -0.25) is 4.40 Å². The Kier molecular flexibility index (Phi) is 3.58. The standard InChI is InChI=1S/C16H18N4O/c1-11(13-6-5-7-14(21)10-13)17-12(2)16-19-18-15-8-3-4-9-20(15)16/h3-12,17,21H,1-2H3. The maximum Gasteiger partial charge on any atom is 0.160 e. The molecule has 0 bridgehead atoms. The zero-order valence-corrected chi connectivity index (χ0v) is 12.1. The van der Waals surface area contributed by atoms with Gasteiger partial charge in [-0.1, -0.05) is 18.2 Å². The van der Waals surface area contributed by atoms with Crippen molar-refractivity contribution < 1.29 is 5.11 Å². The molecule has 2 heterocycles. The molecule has 0 spiro atoms. The number of hydrogen-bond donors (Lipinski definition) is 2. The Labute approximate surface area is 123 Å². The molecule has 0 saturated carbocycles. The van der Waals surface area contributed by atoms with Crippen LogP contribution in [0.15, 0.2) is 48.7 Å². The van der Waals surface area contributed by atoms with E-state index in [0.29, 0.717) is 0 Å². The number of nitrogens with one attached hydrogen (secondary N) is 1. The lowest BCUT2D eigenvalue weighted by Gasteiger charge is -2.19.